The van der Waals surface area contributed by atoms with Crippen LogP contribution in [0.1, 0.15) is 5.56 Å². The molecule has 9 heteroatoms. The van der Waals surface area contributed by atoms with Crippen molar-refractivity contribution < 1.29 is 4.79 Å². The molecule has 0 aliphatic rings. The summed E-state index contributed by atoms with van der Waals surface area (Å²) in [6, 6.07) is 14.4. The average Bonchev–Trinajstić information content (AvgIpc) is 3.15. The summed E-state index contributed by atoms with van der Waals surface area (Å²) in [4.78, 5) is 25.3. The van der Waals surface area contributed by atoms with Gasteiger partial charge in [-0.05, 0) is 35.9 Å². The van der Waals surface area contributed by atoms with Crippen molar-refractivity contribution in [3.8, 4) is 11.3 Å². The zero-order chi connectivity index (χ0) is 20.9. The SMILES string of the molecule is Cn1nccc1Nc1nccc(-c2ccc(NC(=O)Cc3ccc(Cl)cc3)nc2)n1. The highest BCUT2D eigenvalue weighted by atomic mass is 35.5. The lowest BCUT2D eigenvalue weighted by Crippen LogP contribution is -2.15. The molecule has 4 rings (SSSR count). The minimum atomic E-state index is -0.151. The summed E-state index contributed by atoms with van der Waals surface area (Å²) in [7, 11) is 1.83. The Bertz CT molecular complexity index is 1160. The zero-order valence-corrected chi connectivity index (χ0v) is 16.8. The number of carbonyl (C=O) groups is 1. The number of anilines is 3. The molecule has 0 fully saturated rings. The quantitative estimate of drug-likeness (QED) is 0.492. The molecule has 0 aliphatic carbocycles. The van der Waals surface area contributed by atoms with Gasteiger partial charge in [0.2, 0.25) is 11.9 Å². The van der Waals surface area contributed by atoms with E-state index in [1.165, 1.54) is 0 Å². The number of pyridine rings is 1. The summed E-state index contributed by atoms with van der Waals surface area (Å²) in [5.74, 6) is 1.56. The van der Waals surface area contributed by atoms with Gasteiger partial charge in [0.1, 0.15) is 11.6 Å². The number of halogens is 1. The van der Waals surface area contributed by atoms with Crippen molar-refractivity contribution >= 4 is 35.1 Å². The Balaban J connectivity index is 1.42. The molecule has 2 N–H and O–H groups in total. The van der Waals surface area contributed by atoms with Gasteiger partial charge < -0.3 is 10.6 Å². The third kappa shape index (κ3) is 4.79. The van der Waals surface area contributed by atoms with Gasteiger partial charge in [-0.1, -0.05) is 23.7 Å². The van der Waals surface area contributed by atoms with Gasteiger partial charge in [-0.3, -0.25) is 9.48 Å². The number of carbonyl (C=O) groups excluding carboxylic acids is 1. The number of nitrogens with one attached hydrogen (secondary N) is 2. The Labute approximate surface area is 178 Å². The lowest BCUT2D eigenvalue weighted by Gasteiger charge is -2.08. The first-order chi connectivity index (χ1) is 14.6. The van der Waals surface area contributed by atoms with Crippen molar-refractivity contribution in [2.45, 2.75) is 6.42 Å². The van der Waals surface area contributed by atoms with Crippen LogP contribution >= 0.6 is 11.6 Å². The molecule has 4 aromatic rings. The summed E-state index contributed by atoms with van der Waals surface area (Å²) in [6.07, 6.45) is 5.27. The van der Waals surface area contributed by atoms with Gasteiger partial charge in [-0.25, -0.2) is 15.0 Å². The Morgan fingerprint density at radius 1 is 1.03 bits per heavy atom. The molecule has 0 aliphatic heterocycles. The van der Waals surface area contributed by atoms with Gasteiger partial charge in [-0.2, -0.15) is 5.10 Å². The number of rotatable bonds is 6. The van der Waals surface area contributed by atoms with Crippen molar-refractivity contribution in [3.63, 3.8) is 0 Å². The Morgan fingerprint density at radius 2 is 1.87 bits per heavy atom. The molecule has 0 atom stereocenters. The topological polar surface area (TPSA) is 97.6 Å². The summed E-state index contributed by atoms with van der Waals surface area (Å²) < 4.78 is 1.69. The fourth-order valence-corrected chi connectivity index (χ4v) is 2.91. The maximum Gasteiger partial charge on any atom is 0.229 e. The van der Waals surface area contributed by atoms with Gasteiger partial charge >= 0.3 is 0 Å². The van der Waals surface area contributed by atoms with E-state index in [9.17, 15) is 4.79 Å². The molecule has 8 nitrogen and oxygen atoms in total. The van der Waals surface area contributed by atoms with Crippen LogP contribution in [-0.2, 0) is 18.3 Å². The van der Waals surface area contributed by atoms with Crippen LogP contribution in [0.3, 0.4) is 0 Å². The molecular formula is C21H18ClN7O. The second-order valence-electron chi connectivity index (χ2n) is 6.51. The van der Waals surface area contributed by atoms with E-state index in [0.717, 1.165) is 16.9 Å². The lowest BCUT2D eigenvalue weighted by atomic mass is 10.1. The zero-order valence-electron chi connectivity index (χ0n) is 16.1. The molecule has 0 unspecified atom stereocenters. The predicted molar refractivity (Wildman–Crippen MR) is 116 cm³/mol. The predicted octanol–water partition coefficient (Wildman–Crippen LogP) is 3.85. The van der Waals surface area contributed by atoms with E-state index in [-0.39, 0.29) is 12.3 Å². The highest BCUT2D eigenvalue weighted by Gasteiger charge is 2.08. The van der Waals surface area contributed by atoms with Crippen molar-refractivity contribution in [2.24, 2.45) is 7.05 Å². The van der Waals surface area contributed by atoms with E-state index in [4.69, 9.17) is 11.6 Å². The molecule has 0 radical (unpaired) electrons. The Hall–Kier alpha value is -3.78. The van der Waals surface area contributed by atoms with Gasteiger partial charge in [0, 0.05) is 36.1 Å². The van der Waals surface area contributed by atoms with Crippen LogP contribution in [0, 0.1) is 0 Å². The van der Waals surface area contributed by atoms with E-state index in [1.807, 2.05) is 31.3 Å². The van der Waals surface area contributed by atoms with Crippen molar-refractivity contribution in [2.75, 3.05) is 10.6 Å². The monoisotopic (exact) mass is 419 g/mol. The first-order valence-corrected chi connectivity index (χ1v) is 9.53. The molecule has 0 spiro atoms. The highest BCUT2D eigenvalue weighted by Crippen LogP contribution is 2.20. The van der Waals surface area contributed by atoms with Crippen molar-refractivity contribution in [3.05, 3.63) is 77.7 Å². The smallest absolute Gasteiger partial charge is 0.229 e. The highest BCUT2D eigenvalue weighted by molar-refractivity contribution is 6.30. The molecule has 1 aromatic carbocycles. The van der Waals surface area contributed by atoms with E-state index < -0.39 is 0 Å². The van der Waals surface area contributed by atoms with Crippen LogP contribution in [0.2, 0.25) is 5.02 Å². The summed E-state index contributed by atoms with van der Waals surface area (Å²) in [6.45, 7) is 0. The summed E-state index contributed by atoms with van der Waals surface area (Å²) in [5, 5.41) is 10.7. The van der Waals surface area contributed by atoms with Crippen molar-refractivity contribution in [1.29, 1.82) is 0 Å². The van der Waals surface area contributed by atoms with Crippen LogP contribution in [0.5, 0.6) is 0 Å². The minimum Gasteiger partial charge on any atom is -0.310 e. The molecule has 30 heavy (non-hydrogen) atoms. The molecule has 0 saturated heterocycles. The maximum atomic E-state index is 12.2. The third-order valence-corrected chi connectivity index (χ3v) is 4.57. The molecule has 0 saturated carbocycles. The summed E-state index contributed by atoms with van der Waals surface area (Å²) >= 11 is 5.87. The second-order valence-corrected chi connectivity index (χ2v) is 6.95. The first kappa shape index (κ1) is 19.5. The van der Waals surface area contributed by atoms with E-state index in [1.54, 1.807) is 47.5 Å². The Morgan fingerprint density at radius 3 is 2.57 bits per heavy atom. The van der Waals surface area contributed by atoms with E-state index >= 15 is 0 Å². The molecular weight excluding hydrogens is 402 g/mol. The Kier molecular flexibility index (Phi) is 5.67. The third-order valence-electron chi connectivity index (χ3n) is 4.32. The van der Waals surface area contributed by atoms with Crippen LogP contribution in [0.15, 0.2) is 67.1 Å². The molecule has 1 amide bonds. The average molecular weight is 420 g/mol. The molecule has 3 heterocycles. The van der Waals surface area contributed by atoms with E-state index in [0.29, 0.717) is 22.5 Å². The second kappa shape index (κ2) is 8.71. The number of aromatic nitrogens is 5. The molecule has 3 aromatic heterocycles. The standard InChI is InChI=1S/C21H18ClN7O/c1-29-19(9-11-25-29)28-21-23-10-8-17(26-21)15-4-7-18(24-13-15)27-20(30)12-14-2-5-16(22)6-3-14/h2-11,13H,12H2,1H3,(H,23,26,28)(H,24,27,30). The number of hydrogen-bond donors (Lipinski definition) is 2. The first-order valence-electron chi connectivity index (χ1n) is 9.15. The number of hydrogen-bond acceptors (Lipinski definition) is 6. The van der Waals surface area contributed by atoms with Gasteiger partial charge in [0.15, 0.2) is 0 Å². The van der Waals surface area contributed by atoms with Crippen LogP contribution < -0.4 is 10.6 Å². The fraction of sp³-hybridized carbons (Fsp3) is 0.0952. The van der Waals surface area contributed by atoms with Crippen LogP contribution in [0.25, 0.3) is 11.3 Å². The van der Waals surface area contributed by atoms with Crippen LogP contribution in [-0.4, -0.2) is 30.6 Å². The summed E-state index contributed by atoms with van der Waals surface area (Å²) in [5.41, 5.74) is 2.39. The number of benzene rings is 1. The van der Waals surface area contributed by atoms with Gasteiger partial charge in [0.25, 0.3) is 0 Å². The van der Waals surface area contributed by atoms with Crippen molar-refractivity contribution in [1.82, 2.24) is 24.7 Å². The van der Waals surface area contributed by atoms with Crippen LogP contribution in [0.4, 0.5) is 17.6 Å². The van der Waals surface area contributed by atoms with Gasteiger partial charge in [-0.15, -0.1) is 0 Å². The normalized spacial score (nSPS) is 10.6. The van der Waals surface area contributed by atoms with E-state index in [2.05, 4.69) is 30.7 Å². The molecule has 150 valence electrons. The maximum absolute atomic E-state index is 12.2. The number of nitrogens with zero attached hydrogens (tertiary/aromatic N) is 5. The number of amides is 1. The minimum absolute atomic E-state index is 0.151. The number of aryl methyl sites for hydroxylation is 1. The van der Waals surface area contributed by atoms with Gasteiger partial charge in [0.05, 0.1) is 18.3 Å². The fourth-order valence-electron chi connectivity index (χ4n) is 2.78. The molecule has 0 bridgehead atoms. The largest absolute Gasteiger partial charge is 0.310 e. The lowest BCUT2D eigenvalue weighted by molar-refractivity contribution is -0.115.